The number of carbonyl (C=O) groups is 1. The highest BCUT2D eigenvalue weighted by Crippen LogP contribution is 2.17. The van der Waals surface area contributed by atoms with Crippen LogP contribution in [0.3, 0.4) is 0 Å². The van der Waals surface area contributed by atoms with Crippen LogP contribution in [-0.2, 0) is 11.2 Å². The van der Waals surface area contributed by atoms with Crippen LogP contribution in [0.4, 0.5) is 0 Å². The van der Waals surface area contributed by atoms with Gasteiger partial charge in [-0.2, -0.15) is 0 Å². The van der Waals surface area contributed by atoms with Gasteiger partial charge in [0.2, 0.25) is 5.91 Å². The molecule has 3 heteroatoms. The predicted octanol–water partition coefficient (Wildman–Crippen LogP) is 2.43. The number of piperidine rings is 1. The fraction of sp³-hybridized carbons (Fsp3) is 0.588. The molecule has 2 N–H and O–H groups in total. The van der Waals surface area contributed by atoms with Crippen LogP contribution < -0.4 is 10.6 Å². The van der Waals surface area contributed by atoms with Gasteiger partial charge in [-0.3, -0.25) is 4.79 Å². The Morgan fingerprint density at radius 1 is 1.40 bits per heavy atom. The molecule has 0 spiro atoms. The van der Waals surface area contributed by atoms with E-state index in [1.54, 1.807) is 0 Å². The largest absolute Gasteiger partial charge is 0.356 e. The van der Waals surface area contributed by atoms with Crippen LogP contribution in [0.15, 0.2) is 24.3 Å². The Morgan fingerprint density at radius 2 is 2.20 bits per heavy atom. The number of benzene rings is 1. The van der Waals surface area contributed by atoms with E-state index in [1.807, 2.05) is 6.07 Å². The molecule has 1 aliphatic rings. The van der Waals surface area contributed by atoms with Crippen molar-refractivity contribution in [1.82, 2.24) is 10.6 Å². The molecule has 1 aromatic carbocycles. The van der Waals surface area contributed by atoms with Crippen LogP contribution >= 0.6 is 0 Å². The molecule has 1 amide bonds. The van der Waals surface area contributed by atoms with Crippen molar-refractivity contribution in [3.8, 4) is 0 Å². The molecule has 2 atom stereocenters. The highest BCUT2D eigenvalue weighted by molar-refractivity contribution is 5.76. The molecule has 20 heavy (non-hydrogen) atoms. The van der Waals surface area contributed by atoms with Gasteiger partial charge in [0.25, 0.3) is 0 Å². The Hall–Kier alpha value is -1.35. The first-order valence-corrected chi connectivity index (χ1v) is 7.71. The third kappa shape index (κ3) is 4.34. The van der Waals surface area contributed by atoms with Crippen LogP contribution in [0.2, 0.25) is 0 Å². The van der Waals surface area contributed by atoms with E-state index < -0.39 is 0 Å². The third-order valence-corrected chi connectivity index (χ3v) is 4.31. The summed E-state index contributed by atoms with van der Waals surface area (Å²) < 4.78 is 0. The molecule has 0 aromatic heterocycles. The summed E-state index contributed by atoms with van der Waals surface area (Å²) in [6.07, 6.45) is 3.97. The standard InChI is InChI=1S/C17H26N2O/c1-13-6-3-4-8-15(13)9-11-19-17(20)12-16-14(2)7-5-10-18-16/h3-4,6,8,14,16,18H,5,7,9-12H2,1-2H3,(H,19,20). The molecule has 2 unspecified atom stereocenters. The molecule has 110 valence electrons. The Bertz CT molecular complexity index is 444. The maximum atomic E-state index is 12.0. The van der Waals surface area contributed by atoms with Gasteiger partial charge in [-0.05, 0) is 49.8 Å². The summed E-state index contributed by atoms with van der Waals surface area (Å²) in [7, 11) is 0. The van der Waals surface area contributed by atoms with Crippen molar-refractivity contribution in [3.05, 3.63) is 35.4 Å². The highest BCUT2D eigenvalue weighted by atomic mass is 16.1. The first kappa shape index (κ1) is 15.0. The maximum Gasteiger partial charge on any atom is 0.221 e. The van der Waals surface area contributed by atoms with Gasteiger partial charge < -0.3 is 10.6 Å². The molecule has 0 saturated carbocycles. The third-order valence-electron chi connectivity index (χ3n) is 4.31. The number of carbonyl (C=O) groups excluding carboxylic acids is 1. The maximum absolute atomic E-state index is 12.0. The van der Waals surface area contributed by atoms with Crippen molar-refractivity contribution >= 4 is 5.91 Å². The molecule has 1 aliphatic heterocycles. The Balaban J connectivity index is 1.71. The molecule has 1 heterocycles. The first-order valence-electron chi connectivity index (χ1n) is 7.71. The second-order valence-electron chi connectivity index (χ2n) is 5.91. The molecular weight excluding hydrogens is 248 g/mol. The van der Waals surface area contributed by atoms with Gasteiger partial charge in [0.1, 0.15) is 0 Å². The second kappa shape index (κ2) is 7.44. The van der Waals surface area contributed by atoms with Gasteiger partial charge in [-0.15, -0.1) is 0 Å². The zero-order valence-electron chi connectivity index (χ0n) is 12.6. The van der Waals surface area contributed by atoms with Gasteiger partial charge in [0, 0.05) is 19.0 Å². The van der Waals surface area contributed by atoms with E-state index in [9.17, 15) is 4.79 Å². The molecule has 0 radical (unpaired) electrons. The van der Waals surface area contributed by atoms with Crippen molar-refractivity contribution in [2.24, 2.45) is 5.92 Å². The monoisotopic (exact) mass is 274 g/mol. The van der Waals surface area contributed by atoms with Crippen molar-refractivity contribution in [2.75, 3.05) is 13.1 Å². The van der Waals surface area contributed by atoms with E-state index in [0.29, 0.717) is 18.4 Å². The second-order valence-corrected chi connectivity index (χ2v) is 5.91. The predicted molar refractivity (Wildman–Crippen MR) is 82.7 cm³/mol. The van der Waals surface area contributed by atoms with E-state index in [2.05, 4.69) is 42.7 Å². The fourth-order valence-corrected chi connectivity index (χ4v) is 2.89. The summed E-state index contributed by atoms with van der Waals surface area (Å²) in [5.74, 6) is 0.774. The van der Waals surface area contributed by atoms with E-state index in [0.717, 1.165) is 19.5 Å². The zero-order chi connectivity index (χ0) is 14.4. The van der Waals surface area contributed by atoms with Gasteiger partial charge in [-0.25, -0.2) is 0 Å². The molecular formula is C17H26N2O. The Kier molecular flexibility index (Phi) is 5.60. The number of hydrogen-bond donors (Lipinski definition) is 2. The Labute approximate surface area is 122 Å². The van der Waals surface area contributed by atoms with Crippen LogP contribution in [-0.4, -0.2) is 25.0 Å². The lowest BCUT2D eigenvalue weighted by molar-refractivity contribution is -0.121. The van der Waals surface area contributed by atoms with Gasteiger partial charge in [0.15, 0.2) is 0 Å². The number of hydrogen-bond acceptors (Lipinski definition) is 2. The highest BCUT2D eigenvalue weighted by Gasteiger charge is 2.22. The normalized spacial score (nSPS) is 22.5. The van der Waals surface area contributed by atoms with E-state index >= 15 is 0 Å². The SMILES string of the molecule is Cc1ccccc1CCNC(=O)CC1NCCCC1C. The number of amides is 1. The molecule has 3 nitrogen and oxygen atoms in total. The van der Waals surface area contributed by atoms with E-state index in [4.69, 9.17) is 0 Å². The van der Waals surface area contributed by atoms with Gasteiger partial charge in [0.05, 0.1) is 0 Å². The van der Waals surface area contributed by atoms with Gasteiger partial charge >= 0.3 is 0 Å². The molecule has 0 bridgehead atoms. The van der Waals surface area contributed by atoms with E-state index in [1.165, 1.54) is 24.0 Å². The number of aryl methyl sites for hydroxylation is 1. The number of rotatable bonds is 5. The van der Waals surface area contributed by atoms with Crippen LogP contribution in [0.5, 0.6) is 0 Å². The topological polar surface area (TPSA) is 41.1 Å². The molecule has 1 aromatic rings. The zero-order valence-corrected chi connectivity index (χ0v) is 12.6. The molecule has 1 fully saturated rings. The fourth-order valence-electron chi connectivity index (χ4n) is 2.89. The molecule has 0 aliphatic carbocycles. The molecule has 1 saturated heterocycles. The quantitative estimate of drug-likeness (QED) is 0.866. The molecule has 2 rings (SSSR count). The Morgan fingerprint density at radius 3 is 2.95 bits per heavy atom. The summed E-state index contributed by atoms with van der Waals surface area (Å²) in [6, 6.07) is 8.70. The van der Waals surface area contributed by atoms with Crippen molar-refractivity contribution < 1.29 is 4.79 Å². The summed E-state index contributed by atoms with van der Waals surface area (Å²) >= 11 is 0. The van der Waals surface area contributed by atoms with Crippen molar-refractivity contribution in [2.45, 2.75) is 45.6 Å². The summed E-state index contributed by atoms with van der Waals surface area (Å²) in [5.41, 5.74) is 2.61. The smallest absolute Gasteiger partial charge is 0.221 e. The lowest BCUT2D eigenvalue weighted by atomic mass is 9.90. The van der Waals surface area contributed by atoms with Gasteiger partial charge in [-0.1, -0.05) is 31.2 Å². The lowest BCUT2D eigenvalue weighted by Crippen LogP contribution is -2.43. The van der Waals surface area contributed by atoms with Crippen LogP contribution in [0, 0.1) is 12.8 Å². The van der Waals surface area contributed by atoms with E-state index in [-0.39, 0.29) is 5.91 Å². The number of nitrogens with one attached hydrogen (secondary N) is 2. The summed E-state index contributed by atoms with van der Waals surface area (Å²) in [4.78, 5) is 12.0. The lowest BCUT2D eigenvalue weighted by Gasteiger charge is -2.29. The summed E-state index contributed by atoms with van der Waals surface area (Å²) in [5, 5.41) is 6.50. The minimum Gasteiger partial charge on any atom is -0.356 e. The van der Waals surface area contributed by atoms with Crippen LogP contribution in [0.25, 0.3) is 0 Å². The average Bonchev–Trinajstić information content (AvgIpc) is 2.43. The first-order chi connectivity index (χ1) is 9.66. The van der Waals surface area contributed by atoms with Crippen molar-refractivity contribution in [1.29, 1.82) is 0 Å². The van der Waals surface area contributed by atoms with Crippen LogP contribution in [0.1, 0.15) is 37.3 Å². The average molecular weight is 274 g/mol. The summed E-state index contributed by atoms with van der Waals surface area (Å²) in [6.45, 7) is 6.12. The minimum atomic E-state index is 0.171. The van der Waals surface area contributed by atoms with Crippen molar-refractivity contribution in [3.63, 3.8) is 0 Å². The minimum absolute atomic E-state index is 0.171.